The Bertz CT molecular complexity index is 1180. The van der Waals surface area contributed by atoms with Crippen LogP contribution < -0.4 is 9.47 Å². The molecule has 0 radical (unpaired) electrons. The Morgan fingerprint density at radius 1 is 1.13 bits per heavy atom. The van der Waals surface area contributed by atoms with Crippen molar-refractivity contribution in [1.29, 1.82) is 0 Å². The molecule has 0 saturated heterocycles. The molecule has 1 unspecified atom stereocenters. The third kappa shape index (κ3) is 2.61. The minimum absolute atomic E-state index is 0.107. The van der Waals surface area contributed by atoms with Crippen LogP contribution in [-0.4, -0.2) is 36.6 Å². The molecule has 1 aliphatic carbocycles. The summed E-state index contributed by atoms with van der Waals surface area (Å²) in [6, 6.07) is 7.06. The largest absolute Gasteiger partial charge is 0.497 e. The fraction of sp³-hybridized carbons (Fsp3) is 0.348. The van der Waals surface area contributed by atoms with Crippen LogP contribution in [0.15, 0.2) is 30.3 Å². The molecule has 7 heteroatoms. The highest BCUT2D eigenvalue weighted by Crippen LogP contribution is 2.58. The first-order valence-electron chi connectivity index (χ1n) is 9.89. The lowest BCUT2D eigenvalue weighted by Crippen LogP contribution is -2.44. The molecule has 2 aliphatic rings. The predicted molar refractivity (Wildman–Crippen MR) is 108 cm³/mol. The lowest BCUT2D eigenvalue weighted by Gasteiger charge is -2.40. The van der Waals surface area contributed by atoms with Gasteiger partial charge < -0.3 is 19.4 Å². The van der Waals surface area contributed by atoms with Crippen LogP contribution in [0.2, 0.25) is 0 Å². The van der Waals surface area contributed by atoms with Gasteiger partial charge in [0, 0.05) is 36.0 Å². The molecule has 1 atom stereocenters. The Hall–Kier alpha value is -3.09. The van der Waals surface area contributed by atoms with E-state index in [2.05, 4.69) is 4.98 Å². The number of methoxy groups -OCH3 is 2. The molecule has 2 aromatic carbocycles. The summed E-state index contributed by atoms with van der Waals surface area (Å²) in [6.45, 7) is 2.05. The van der Waals surface area contributed by atoms with Gasteiger partial charge >= 0.3 is 0 Å². The van der Waals surface area contributed by atoms with Gasteiger partial charge in [0.25, 0.3) is 0 Å². The maximum atomic E-state index is 14.1. The molecule has 1 aromatic heterocycles. The Kier molecular flexibility index (Phi) is 4.07. The zero-order chi connectivity index (χ0) is 21.2. The van der Waals surface area contributed by atoms with E-state index < -0.39 is 17.7 Å². The second kappa shape index (κ2) is 6.45. The van der Waals surface area contributed by atoms with Crippen LogP contribution in [0, 0.1) is 11.6 Å². The topological polar surface area (TPSA) is 54.6 Å². The minimum Gasteiger partial charge on any atom is -0.497 e. The number of carbonyl (C=O) groups is 1. The van der Waals surface area contributed by atoms with E-state index in [0.29, 0.717) is 23.6 Å². The van der Waals surface area contributed by atoms with Crippen molar-refractivity contribution in [2.75, 3.05) is 20.8 Å². The number of nitrogens with one attached hydrogen (secondary N) is 1. The summed E-state index contributed by atoms with van der Waals surface area (Å²) in [4.78, 5) is 17.8. The highest BCUT2D eigenvalue weighted by atomic mass is 19.2. The molecule has 30 heavy (non-hydrogen) atoms. The Labute approximate surface area is 172 Å². The number of aromatic nitrogens is 1. The van der Waals surface area contributed by atoms with E-state index in [-0.39, 0.29) is 11.3 Å². The average Bonchev–Trinajstić information content (AvgIpc) is 3.38. The Morgan fingerprint density at radius 2 is 1.90 bits per heavy atom. The third-order valence-electron chi connectivity index (χ3n) is 6.44. The van der Waals surface area contributed by atoms with Gasteiger partial charge in [-0.15, -0.1) is 0 Å². The van der Waals surface area contributed by atoms with Crippen molar-refractivity contribution in [3.05, 3.63) is 58.8 Å². The Balaban J connectivity index is 1.81. The number of H-pyrrole nitrogens is 1. The van der Waals surface area contributed by atoms with Crippen molar-refractivity contribution < 1.29 is 23.0 Å². The van der Waals surface area contributed by atoms with Crippen molar-refractivity contribution in [3.63, 3.8) is 0 Å². The van der Waals surface area contributed by atoms with Gasteiger partial charge in [0.15, 0.2) is 11.6 Å². The van der Waals surface area contributed by atoms with E-state index in [1.54, 1.807) is 25.2 Å². The smallest absolute Gasteiger partial charge is 0.220 e. The molecule has 1 amide bonds. The number of amides is 1. The number of fused-ring (bicyclic) bond motifs is 4. The SMILES string of the molecule is COc1cc(OC)c2[nH]c3c(c2c1)C1(CC1)CN(C(C)=O)C3c1ccc(F)c(F)c1. The summed E-state index contributed by atoms with van der Waals surface area (Å²) in [7, 11) is 3.20. The summed E-state index contributed by atoms with van der Waals surface area (Å²) in [5, 5.41) is 0.981. The zero-order valence-electron chi connectivity index (χ0n) is 17.0. The molecule has 1 spiro atoms. The molecule has 0 bridgehead atoms. The predicted octanol–water partition coefficient (Wildman–Crippen LogP) is 4.45. The van der Waals surface area contributed by atoms with Gasteiger partial charge in [-0.3, -0.25) is 4.79 Å². The van der Waals surface area contributed by atoms with Crippen molar-refractivity contribution in [2.45, 2.75) is 31.2 Å². The van der Waals surface area contributed by atoms with Gasteiger partial charge in [0.05, 0.1) is 25.8 Å². The van der Waals surface area contributed by atoms with E-state index in [1.807, 2.05) is 6.07 Å². The van der Waals surface area contributed by atoms with Gasteiger partial charge in [-0.2, -0.15) is 0 Å². The lowest BCUT2D eigenvalue weighted by molar-refractivity contribution is -0.131. The third-order valence-corrected chi connectivity index (χ3v) is 6.44. The van der Waals surface area contributed by atoms with Crippen LogP contribution in [0.1, 0.15) is 42.6 Å². The van der Waals surface area contributed by atoms with Crippen LogP contribution in [-0.2, 0) is 10.2 Å². The molecule has 2 heterocycles. The minimum atomic E-state index is -0.931. The second-order valence-corrected chi connectivity index (χ2v) is 8.17. The number of hydrogen-bond donors (Lipinski definition) is 1. The molecule has 3 aromatic rings. The summed E-state index contributed by atoms with van der Waals surface area (Å²) in [5.74, 6) is -0.640. The average molecular weight is 412 g/mol. The van der Waals surface area contributed by atoms with E-state index >= 15 is 0 Å². The molecular weight excluding hydrogens is 390 g/mol. The number of benzene rings is 2. The highest BCUT2D eigenvalue weighted by Gasteiger charge is 2.54. The molecule has 1 fully saturated rings. The van der Waals surface area contributed by atoms with E-state index in [1.165, 1.54) is 19.1 Å². The van der Waals surface area contributed by atoms with E-state index in [4.69, 9.17) is 9.47 Å². The van der Waals surface area contributed by atoms with Crippen molar-refractivity contribution in [1.82, 2.24) is 9.88 Å². The van der Waals surface area contributed by atoms with Crippen LogP contribution in [0.4, 0.5) is 8.78 Å². The van der Waals surface area contributed by atoms with Gasteiger partial charge in [-0.05, 0) is 42.2 Å². The zero-order valence-corrected chi connectivity index (χ0v) is 17.0. The number of aromatic amines is 1. The fourth-order valence-electron chi connectivity index (χ4n) is 4.85. The van der Waals surface area contributed by atoms with Crippen LogP contribution in [0.3, 0.4) is 0 Å². The molecule has 1 aliphatic heterocycles. The molecule has 5 nitrogen and oxygen atoms in total. The standard InChI is InChI=1S/C23H22F2N2O3/c1-12(28)27-11-23(6-7-23)19-15-9-14(29-2)10-18(30-3)20(15)26-21(19)22(27)13-4-5-16(24)17(25)8-13/h4-5,8-10,22,26H,6-7,11H2,1-3H3. The first-order chi connectivity index (χ1) is 14.4. The molecule has 1 saturated carbocycles. The van der Waals surface area contributed by atoms with Gasteiger partial charge in [-0.25, -0.2) is 8.78 Å². The van der Waals surface area contributed by atoms with Crippen molar-refractivity contribution in [2.24, 2.45) is 0 Å². The molecule has 156 valence electrons. The normalized spacial score (nSPS) is 19.1. The molecule has 1 N–H and O–H groups in total. The lowest BCUT2D eigenvalue weighted by atomic mass is 9.83. The van der Waals surface area contributed by atoms with E-state index in [0.717, 1.165) is 41.1 Å². The van der Waals surface area contributed by atoms with Crippen LogP contribution in [0.5, 0.6) is 11.5 Å². The molecule has 5 rings (SSSR count). The van der Waals surface area contributed by atoms with Gasteiger partial charge in [-0.1, -0.05) is 6.07 Å². The quantitative estimate of drug-likeness (QED) is 0.692. The number of nitrogens with zero attached hydrogens (tertiary/aromatic N) is 1. The van der Waals surface area contributed by atoms with Crippen LogP contribution >= 0.6 is 0 Å². The fourth-order valence-corrected chi connectivity index (χ4v) is 4.85. The van der Waals surface area contributed by atoms with Crippen LogP contribution in [0.25, 0.3) is 10.9 Å². The maximum Gasteiger partial charge on any atom is 0.220 e. The van der Waals surface area contributed by atoms with Crippen molar-refractivity contribution in [3.8, 4) is 11.5 Å². The number of rotatable bonds is 3. The number of hydrogen-bond acceptors (Lipinski definition) is 3. The van der Waals surface area contributed by atoms with E-state index in [9.17, 15) is 13.6 Å². The summed E-state index contributed by atoms with van der Waals surface area (Å²) in [6.07, 6.45) is 1.92. The van der Waals surface area contributed by atoms with Gasteiger partial charge in [0.1, 0.15) is 11.5 Å². The first kappa shape index (κ1) is 18.9. The van der Waals surface area contributed by atoms with Gasteiger partial charge in [0.2, 0.25) is 5.91 Å². The maximum absolute atomic E-state index is 14.1. The number of carbonyl (C=O) groups excluding carboxylic acids is 1. The molecular formula is C23H22F2N2O3. The highest BCUT2D eigenvalue weighted by molar-refractivity contribution is 5.93. The number of ether oxygens (including phenoxy) is 2. The summed E-state index contributed by atoms with van der Waals surface area (Å²) in [5.41, 5.74) is 3.13. The number of halogens is 2. The second-order valence-electron chi connectivity index (χ2n) is 8.17. The summed E-state index contributed by atoms with van der Waals surface area (Å²) >= 11 is 0. The monoisotopic (exact) mass is 412 g/mol. The first-order valence-corrected chi connectivity index (χ1v) is 9.89. The Morgan fingerprint density at radius 3 is 2.50 bits per heavy atom. The summed E-state index contributed by atoms with van der Waals surface area (Å²) < 4.78 is 38.8. The van der Waals surface area contributed by atoms with Crippen molar-refractivity contribution >= 4 is 16.8 Å².